The van der Waals surface area contributed by atoms with Crippen molar-refractivity contribution in [2.24, 2.45) is 0 Å². The molecule has 1 unspecified atom stereocenters. The molecule has 0 radical (unpaired) electrons. The number of alkyl halides is 4. The Bertz CT molecular complexity index is 1170. The van der Waals surface area contributed by atoms with Gasteiger partial charge in [-0.3, -0.25) is 4.90 Å². The van der Waals surface area contributed by atoms with Crippen LogP contribution in [0.4, 0.5) is 34.1 Å². The number of nitrogens with zero attached hydrogens (tertiary/aromatic N) is 5. The molecule has 1 saturated heterocycles. The van der Waals surface area contributed by atoms with E-state index in [0.717, 1.165) is 17.0 Å². The van der Waals surface area contributed by atoms with Gasteiger partial charge in [-0.05, 0) is 37.6 Å². The normalized spacial score (nSPS) is 17.9. The Morgan fingerprint density at radius 1 is 1.12 bits per heavy atom. The largest absolute Gasteiger partial charge is 0.447 e. The predicted molar refractivity (Wildman–Crippen MR) is 115 cm³/mol. The lowest BCUT2D eigenvalue weighted by Gasteiger charge is -2.22. The Labute approximate surface area is 192 Å². The van der Waals surface area contributed by atoms with E-state index in [1.165, 1.54) is 37.6 Å². The van der Waals surface area contributed by atoms with Gasteiger partial charge in [-0.2, -0.15) is 18.2 Å². The molecule has 0 aliphatic carbocycles. The molecule has 4 rings (SSSR count). The molecule has 1 N–H and O–H groups in total. The SMILES string of the molecule is C[C@H](Nc1nccc(N2C(=O)OCC2[C@H](C)F)n1)c1ncc(-c2cccc(C(F)(F)F)c2)cn1. The van der Waals surface area contributed by atoms with E-state index in [2.05, 4.69) is 25.3 Å². The number of cyclic esters (lactones) is 1. The van der Waals surface area contributed by atoms with Gasteiger partial charge in [0.05, 0.1) is 11.6 Å². The highest BCUT2D eigenvalue weighted by atomic mass is 19.4. The zero-order chi connectivity index (χ0) is 24.5. The van der Waals surface area contributed by atoms with Crippen LogP contribution in [0.25, 0.3) is 11.1 Å². The van der Waals surface area contributed by atoms with Gasteiger partial charge in [0.1, 0.15) is 30.5 Å². The lowest BCUT2D eigenvalue weighted by atomic mass is 10.1. The maximum atomic E-state index is 13.9. The third kappa shape index (κ3) is 4.90. The van der Waals surface area contributed by atoms with Gasteiger partial charge in [0.15, 0.2) is 0 Å². The van der Waals surface area contributed by atoms with Crippen LogP contribution in [-0.4, -0.2) is 44.8 Å². The van der Waals surface area contributed by atoms with Gasteiger partial charge in [0.25, 0.3) is 0 Å². The van der Waals surface area contributed by atoms with E-state index in [-0.39, 0.29) is 18.4 Å². The average Bonchev–Trinajstić information content (AvgIpc) is 3.20. The first kappa shape index (κ1) is 23.3. The highest BCUT2D eigenvalue weighted by molar-refractivity contribution is 5.89. The summed E-state index contributed by atoms with van der Waals surface area (Å²) in [6, 6.07) is 5.10. The van der Waals surface area contributed by atoms with Gasteiger partial charge in [-0.1, -0.05) is 12.1 Å². The van der Waals surface area contributed by atoms with Crippen LogP contribution in [0, 0.1) is 0 Å². The summed E-state index contributed by atoms with van der Waals surface area (Å²) in [5.74, 6) is 0.684. The summed E-state index contributed by atoms with van der Waals surface area (Å²) < 4.78 is 57.7. The number of halogens is 4. The average molecular weight is 476 g/mol. The van der Waals surface area contributed by atoms with Gasteiger partial charge in [0, 0.05) is 24.2 Å². The Balaban J connectivity index is 1.49. The second-order valence-corrected chi connectivity index (χ2v) is 7.70. The Hall–Kier alpha value is -3.83. The first-order valence-corrected chi connectivity index (χ1v) is 10.3. The zero-order valence-corrected chi connectivity index (χ0v) is 18.1. The molecule has 3 atom stereocenters. The van der Waals surface area contributed by atoms with Crippen molar-refractivity contribution in [3.63, 3.8) is 0 Å². The van der Waals surface area contributed by atoms with E-state index in [1.807, 2.05) is 0 Å². The van der Waals surface area contributed by atoms with Crippen molar-refractivity contribution in [3.8, 4) is 11.1 Å². The molecule has 1 aliphatic heterocycles. The van der Waals surface area contributed by atoms with Gasteiger partial charge in [-0.25, -0.2) is 24.1 Å². The molecule has 0 spiro atoms. The minimum absolute atomic E-state index is 0.0776. The second kappa shape index (κ2) is 9.20. The molecule has 1 aliphatic rings. The fraction of sp³-hybridized carbons (Fsp3) is 0.318. The third-order valence-electron chi connectivity index (χ3n) is 5.25. The lowest BCUT2D eigenvalue weighted by molar-refractivity contribution is -0.137. The monoisotopic (exact) mass is 476 g/mol. The van der Waals surface area contributed by atoms with Gasteiger partial charge < -0.3 is 10.1 Å². The number of carbonyl (C=O) groups is 1. The van der Waals surface area contributed by atoms with Gasteiger partial charge in [-0.15, -0.1) is 0 Å². The molecular formula is C22H20F4N6O2. The quantitative estimate of drug-likeness (QED) is 0.511. The number of carbonyl (C=O) groups excluding carboxylic acids is 1. The van der Waals surface area contributed by atoms with Crippen molar-refractivity contribution in [2.75, 3.05) is 16.8 Å². The first-order chi connectivity index (χ1) is 16.1. The van der Waals surface area contributed by atoms with Crippen molar-refractivity contribution in [2.45, 2.75) is 38.3 Å². The number of ether oxygens (including phenoxy) is 1. The molecule has 2 aromatic heterocycles. The highest BCUT2D eigenvalue weighted by Crippen LogP contribution is 2.32. The van der Waals surface area contributed by atoms with Crippen LogP contribution >= 0.6 is 0 Å². The summed E-state index contributed by atoms with van der Waals surface area (Å²) in [4.78, 5) is 30.1. The number of hydrogen-bond donors (Lipinski definition) is 1. The zero-order valence-electron chi connectivity index (χ0n) is 18.1. The Morgan fingerprint density at radius 3 is 2.53 bits per heavy atom. The number of rotatable bonds is 6. The van der Waals surface area contributed by atoms with Crippen LogP contribution in [0.2, 0.25) is 0 Å². The molecule has 1 amide bonds. The number of amides is 1. The third-order valence-corrected chi connectivity index (χ3v) is 5.25. The van der Waals surface area contributed by atoms with E-state index in [0.29, 0.717) is 17.0 Å². The molecule has 1 aromatic carbocycles. The van der Waals surface area contributed by atoms with E-state index >= 15 is 0 Å². The Kier molecular flexibility index (Phi) is 6.31. The standard InChI is InChI=1S/C22H20F4N6O2/c1-12(23)17-11-34-21(33)32(17)18-6-7-27-20(31-18)30-13(2)19-28-9-15(10-29-19)14-4-3-5-16(8-14)22(24,25)26/h3-10,12-13,17H,11H2,1-2H3,(H,27,30,31)/t12-,13-,17?/m0/s1. The number of benzene rings is 1. The number of aromatic nitrogens is 4. The van der Waals surface area contributed by atoms with Crippen molar-refractivity contribution < 1.29 is 27.1 Å². The summed E-state index contributed by atoms with van der Waals surface area (Å²) in [5, 5.41) is 3.00. The fourth-order valence-electron chi connectivity index (χ4n) is 3.43. The lowest BCUT2D eigenvalue weighted by Crippen LogP contribution is -2.39. The molecule has 3 heterocycles. The number of anilines is 2. The van der Waals surface area contributed by atoms with Gasteiger partial charge >= 0.3 is 12.3 Å². The summed E-state index contributed by atoms with van der Waals surface area (Å²) in [7, 11) is 0. The maximum absolute atomic E-state index is 13.9. The highest BCUT2D eigenvalue weighted by Gasteiger charge is 2.39. The molecule has 1 fully saturated rings. The molecule has 12 heteroatoms. The maximum Gasteiger partial charge on any atom is 0.416 e. The molecular weight excluding hydrogens is 456 g/mol. The fourth-order valence-corrected chi connectivity index (χ4v) is 3.43. The van der Waals surface area contributed by atoms with E-state index in [1.54, 1.807) is 13.0 Å². The van der Waals surface area contributed by atoms with Crippen molar-refractivity contribution in [1.82, 2.24) is 19.9 Å². The predicted octanol–water partition coefficient (Wildman–Crippen LogP) is 4.81. The minimum Gasteiger partial charge on any atom is -0.447 e. The van der Waals surface area contributed by atoms with Crippen LogP contribution in [0.1, 0.15) is 31.3 Å². The molecule has 8 nitrogen and oxygen atoms in total. The second-order valence-electron chi connectivity index (χ2n) is 7.70. The van der Waals surface area contributed by atoms with Crippen LogP contribution in [0.3, 0.4) is 0 Å². The van der Waals surface area contributed by atoms with Crippen molar-refractivity contribution in [1.29, 1.82) is 0 Å². The van der Waals surface area contributed by atoms with E-state index < -0.39 is 36.1 Å². The number of hydrogen-bond acceptors (Lipinski definition) is 7. The topological polar surface area (TPSA) is 93.1 Å². The number of nitrogens with one attached hydrogen (secondary N) is 1. The van der Waals surface area contributed by atoms with Crippen LogP contribution in [-0.2, 0) is 10.9 Å². The van der Waals surface area contributed by atoms with Gasteiger partial charge in [0.2, 0.25) is 5.95 Å². The summed E-state index contributed by atoms with van der Waals surface area (Å²) >= 11 is 0. The smallest absolute Gasteiger partial charge is 0.416 e. The molecule has 0 saturated carbocycles. The minimum atomic E-state index is -4.45. The van der Waals surface area contributed by atoms with Crippen LogP contribution in [0.5, 0.6) is 0 Å². The first-order valence-electron chi connectivity index (χ1n) is 10.3. The molecule has 0 bridgehead atoms. The molecule has 3 aromatic rings. The summed E-state index contributed by atoms with van der Waals surface area (Å²) in [6.07, 6.45) is -2.18. The Morgan fingerprint density at radius 2 is 1.85 bits per heavy atom. The van der Waals surface area contributed by atoms with Crippen LogP contribution in [0.15, 0.2) is 48.9 Å². The van der Waals surface area contributed by atoms with Crippen LogP contribution < -0.4 is 10.2 Å². The summed E-state index contributed by atoms with van der Waals surface area (Å²) in [5.41, 5.74) is 0.0128. The van der Waals surface area contributed by atoms with Crippen molar-refractivity contribution >= 4 is 17.9 Å². The van der Waals surface area contributed by atoms with E-state index in [9.17, 15) is 22.4 Å². The summed E-state index contributed by atoms with van der Waals surface area (Å²) in [6.45, 7) is 3.00. The molecule has 34 heavy (non-hydrogen) atoms. The van der Waals surface area contributed by atoms with Crippen molar-refractivity contribution in [3.05, 3.63) is 60.3 Å². The molecule has 178 valence electrons. The van der Waals surface area contributed by atoms with E-state index in [4.69, 9.17) is 4.74 Å².